The number of pyridine rings is 1. The number of carbonyl (C=O) groups excluding carboxylic acids is 1. The molecule has 0 saturated heterocycles. The first-order chi connectivity index (χ1) is 10.8. The SMILES string of the molecule is CCc1ccc(C(=O)NCCc2cccc3cccnc23)o1. The standard InChI is InChI=1S/C18H18N2O2/c1-2-15-8-9-16(22-15)18(21)20-12-10-14-6-3-5-13-7-4-11-19-17(13)14/h3-9,11H,2,10,12H2,1H3,(H,20,21). The predicted molar refractivity (Wildman–Crippen MR) is 85.9 cm³/mol. The normalized spacial score (nSPS) is 10.8. The van der Waals surface area contributed by atoms with Gasteiger partial charge in [-0.15, -0.1) is 0 Å². The van der Waals surface area contributed by atoms with E-state index in [2.05, 4.69) is 10.3 Å². The number of benzene rings is 1. The molecule has 4 nitrogen and oxygen atoms in total. The zero-order chi connectivity index (χ0) is 15.4. The molecule has 1 N–H and O–H groups in total. The largest absolute Gasteiger partial charge is 0.456 e. The highest BCUT2D eigenvalue weighted by Crippen LogP contribution is 2.16. The van der Waals surface area contributed by atoms with Crippen LogP contribution in [0.15, 0.2) is 53.1 Å². The topological polar surface area (TPSA) is 55.1 Å². The van der Waals surface area contributed by atoms with Crippen LogP contribution in [0.25, 0.3) is 10.9 Å². The van der Waals surface area contributed by atoms with Crippen molar-refractivity contribution < 1.29 is 9.21 Å². The van der Waals surface area contributed by atoms with Crippen LogP contribution in [-0.2, 0) is 12.8 Å². The third kappa shape index (κ3) is 3.01. The smallest absolute Gasteiger partial charge is 0.287 e. The van der Waals surface area contributed by atoms with Crippen molar-refractivity contribution >= 4 is 16.8 Å². The van der Waals surface area contributed by atoms with Crippen molar-refractivity contribution in [3.63, 3.8) is 0 Å². The molecule has 112 valence electrons. The summed E-state index contributed by atoms with van der Waals surface area (Å²) in [5, 5.41) is 4.00. The minimum Gasteiger partial charge on any atom is -0.456 e. The number of aromatic nitrogens is 1. The molecule has 2 aromatic heterocycles. The van der Waals surface area contributed by atoms with Crippen molar-refractivity contribution in [3.05, 3.63) is 65.7 Å². The average Bonchev–Trinajstić information content (AvgIpc) is 3.04. The van der Waals surface area contributed by atoms with E-state index < -0.39 is 0 Å². The highest BCUT2D eigenvalue weighted by molar-refractivity contribution is 5.91. The number of furan rings is 1. The molecule has 0 fully saturated rings. The summed E-state index contributed by atoms with van der Waals surface area (Å²) in [7, 11) is 0. The van der Waals surface area contributed by atoms with E-state index >= 15 is 0 Å². The molecule has 2 heterocycles. The second-order valence-corrected chi connectivity index (χ2v) is 5.12. The minimum absolute atomic E-state index is 0.173. The van der Waals surface area contributed by atoms with Crippen LogP contribution in [0.1, 0.15) is 28.8 Å². The quantitative estimate of drug-likeness (QED) is 0.785. The highest BCUT2D eigenvalue weighted by atomic mass is 16.3. The van der Waals surface area contributed by atoms with E-state index in [0.29, 0.717) is 12.3 Å². The van der Waals surface area contributed by atoms with Gasteiger partial charge in [-0.3, -0.25) is 9.78 Å². The molecule has 0 aliphatic heterocycles. The molecular formula is C18H18N2O2. The van der Waals surface area contributed by atoms with Crippen LogP contribution in [0.5, 0.6) is 0 Å². The van der Waals surface area contributed by atoms with Gasteiger partial charge >= 0.3 is 0 Å². The number of hydrogen-bond acceptors (Lipinski definition) is 3. The molecule has 0 atom stereocenters. The number of amides is 1. The van der Waals surface area contributed by atoms with Gasteiger partial charge in [0.2, 0.25) is 0 Å². The van der Waals surface area contributed by atoms with Gasteiger partial charge in [0.1, 0.15) is 5.76 Å². The summed E-state index contributed by atoms with van der Waals surface area (Å²) in [5.41, 5.74) is 2.12. The Bertz CT molecular complexity index is 787. The first kappa shape index (κ1) is 14.3. The Morgan fingerprint density at radius 3 is 2.86 bits per heavy atom. The third-order valence-corrected chi connectivity index (χ3v) is 3.63. The van der Waals surface area contributed by atoms with Crippen molar-refractivity contribution in [3.8, 4) is 0 Å². The molecule has 1 aromatic carbocycles. The molecule has 4 heteroatoms. The van der Waals surface area contributed by atoms with Gasteiger partial charge in [0.05, 0.1) is 5.52 Å². The maximum absolute atomic E-state index is 12.0. The van der Waals surface area contributed by atoms with E-state index in [-0.39, 0.29) is 5.91 Å². The minimum atomic E-state index is -0.173. The Morgan fingerprint density at radius 1 is 1.18 bits per heavy atom. The van der Waals surface area contributed by atoms with Crippen LogP contribution >= 0.6 is 0 Å². The van der Waals surface area contributed by atoms with Gasteiger partial charge in [0.15, 0.2) is 5.76 Å². The lowest BCUT2D eigenvalue weighted by Gasteiger charge is -2.06. The Morgan fingerprint density at radius 2 is 2.05 bits per heavy atom. The van der Waals surface area contributed by atoms with Crippen molar-refractivity contribution in [2.75, 3.05) is 6.54 Å². The zero-order valence-electron chi connectivity index (χ0n) is 12.5. The summed E-state index contributed by atoms with van der Waals surface area (Å²) >= 11 is 0. The van der Waals surface area contributed by atoms with Crippen molar-refractivity contribution in [2.24, 2.45) is 0 Å². The third-order valence-electron chi connectivity index (χ3n) is 3.63. The van der Waals surface area contributed by atoms with E-state index in [4.69, 9.17) is 4.42 Å². The maximum atomic E-state index is 12.0. The maximum Gasteiger partial charge on any atom is 0.287 e. The lowest BCUT2D eigenvalue weighted by Crippen LogP contribution is -2.25. The summed E-state index contributed by atoms with van der Waals surface area (Å²) in [6.45, 7) is 2.55. The molecule has 0 radical (unpaired) electrons. The van der Waals surface area contributed by atoms with E-state index in [0.717, 1.165) is 35.1 Å². The lowest BCUT2D eigenvalue weighted by atomic mass is 10.1. The highest BCUT2D eigenvalue weighted by Gasteiger charge is 2.10. The molecule has 0 aliphatic carbocycles. The van der Waals surface area contributed by atoms with E-state index in [1.807, 2.05) is 43.3 Å². The fourth-order valence-electron chi connectivity index (χ4n) is 2.46. The molecular weight excluding hydrogens is 276 g/mol. The van der Waals surface area contributed by atoms with Crippen molar-refractivity contribution in [2.45, 2.75) is 19.8 Å². The Hall–Kier alpha value is -2.62. The van der Waals surface area contributed by atoms with Gasteiger partial charge in [-0.1, -0.05) is 31.2 Å². The fourth-order valence-corrected chi connectivity index (χ4v) is 2.46. The summed E-state index contributed by atoms with van der Waals surface area (Å²) in [4.78, 5) is 16.4. The second kappa shape index (κ2) is 6.43. The molecule has 1 amide bonds. The number of aryl methyl sites for hydroxylation is 1. The summed E-state index contributed by atoms with van der Waals surface area (Å²) in [5.74, 6) is 1.02. The zero-order valence-corrected chi connectivity index (χ0v) is 12.5. The van der Waals surface area contributed by atoms with E-state index in [1.54, 1.807) is 12.3 Å². The molecule has 22 heavy (non-hydrogen) atoms. The predicted octanol–water partition coefficient (Wildman–Crippen LogP) is 3.36. The number of hydrogen-bond donors (Lipinski definition) is 1. The number of carbonyl (C=O) groups is 1. The molecule has 0 unspecified atom stereocenters. The first-order valence-corrected chi connectivity index (χ1v) is 7.47. The summed E-state index contributed by atoms with van der Waals surface area (Å²) in [6, 6.07) is 13.6. The van der Waals surface area contributed by atoms with Crippen molar-refractivity contribution in [1.29, 1.82) is 0 Å². The molecule has 3 aromatic rings. The van der Waals surface area contributed by atoms with Crippen molar-refractivity contribution in [1.82, 2.24) is 10.3 Å². The van der Waals surface area contributed by atoms with Gasteiger partial charge in [0, 0.05) is 24.5 Å². The van der Waals surface area contributed by atoms with Crippen LogP contribution in [0.2, 0.25) is 0 Å². The van der Waals surface area contributed by atoms with Gasteiger partial charge in [-0.25, -0.2) is 0 Å². The first-order valence-electron chi connectivity index (χ1n) is 7.47. The van der Waals surface area contributed by atoms with Gasteiger partial charge in [0.25, 0.3) is 5.91 Å². The molecule has 0 saturated carbocycles. The lowest BCUT2D eigenvalue weighted by molar-refractivity contribution is 0.0925. The molecule has 0 aliphatic rings. The van der Waals surface area contributed by atoms with E-state index in [9.17, 15) is 4.79 Å². The number of para-hydroxylation sites is 1. The Balaban J connectivity index is 1.63. The number of nitrogens with zero attached hydrogens (tertiary/aromatic N) is 1. The number of nitrogens with one attached hydrogen (secondary N) is 1. The average molecular weight is 294 g/mol. The molecule has 0 spiro atoms. The Kier molecular flexibility index (Phi) is 4.19. The summed E-state index contributed by atoms with van der Waals surface area (Å²) in [6.07, 6.45) is 3.32. The summed E-state index contributed by atoms with van der Waals surface area (Å²) < 4.78 is 5.44. The monoisotopic (exact) mass is 294 g/mol. The Labute approximate surface area is 129 Å². The van der Waals surface area contributed by atoms with Gasteiger partial charge in [-0.05, 0) is 30.2 Å². The van der Waals surface area contributed by atoms with Gasteiger partial charge in [-0.2, -0.15) is 0 Å². The van der Waals surface area contributed by atoms with Crippen LogP contribution in [-0.4, -0.2) is 17.4 Å². The van der Waals surface area contributed by atoms with Crippen LogP contribution in [0.3, 0.4) is 0 Å². The van der Waals surface area contributed by atoms with Crippen LogP contribution in [0, 0.1) is 0 Å². The second-order valence-electron chi connectivity index (χ2n) is 5.12. The van der Waals surface area contributed by atoms with Crippen LogP contribution < -0.4 is 5.32 Å². The molecule has 3 rings (SSSR count). The molecule has 0 bridgehead atoms. The van der Waals surface area contributed by atoms with E-state index in [1.165, 1.54) is 0 Å². The number of rotatable bonds is 5. The van der Waals surface area contributed by atoms with Crippen LogP contribution in [0.4, 0.5) is 0 Å². The number of fused-ring (bicyclic) bond motifs is 1. The fraction of sp³-hybridized carbons (Fsp3) is 0.222. The van der Waals surface area contributed by atoms with Gasteiger partial charge < -0.3 is 9.73 Å².